The Labute approximate surface area is 146 Å². The lowest BCUT2D eigenvalue weighted by atomic mass is 10.1. The van der Waals surface area contributed by atoms with Crippen LogP contribution in [-0.2, 0) is 20.7 Å². The molecule has 24 heavy (non-hydrogen) atoms. The Morgan fingerprint density at radius 2 is 1.79 bits per heavy atom. The molecule has 0 aliphatic heterocycles. The van der Waals surface area contributed by atoms with Crippen LogP contribution in [0.3, 0.4) is 0 Å². The number of ether oxygens (including phenoxy) is 1. The molecule has 0 saturated heterocycles. The van der Waals surface area contributed by atoms with Gasteiger partial charge in [0.1, 0.15) is 0 Å². The zero-order valence-corrected chi connectivity index (χ0v) is 15.5. The monoisotopic (exact) mass is 333 g/mol. The number of esters is 1. The van der Waals surface area contributed by atoms with Gasteiger partial charge in [-0.15, -0.1) is 0 Å². The summed E-state index contributed by atoms with van der Waals surface area (Å²) in [5, 5.41) is 0. The van der Waals surface area contributed by atoms with Gasteiger partial charge in [-0.3, -0.25) is 9.59 Å². The minimum Gasteiger partial charge on any atom is -0.466 e. The standard InChI is InChI=1S/C20H31NO3/c1-5-24-20(23)13-14-21(15-16(2)3)19(22)8-6-7-18-11-9-17(4)10-12-18/h9-12,16H,5-8,13-15H2,1-4H3. The summed E-state index contributed by atoms with van der Waals surface area (Å²) in [7, 11) is 0. The minimum absolute atomic E-state index is 0.125. The van der Waals surface area contributed by atoms with E-state index in [0.29, 0.717) is 32.0 Å². The van der Waals surface area contributed by atoms with Crippen molar-refractivity contribution in [3.8, 4) is 0 Å². The number of carbonyl (C=O) groups excluding carboxylic acids is 2. The highest BCUT2D eigenvalue weighted by Gasteiger charge is 2.16. The van der Waals surface area contributed by atoms with E-state index in [1.54, 1.807) is 11.8 Å². The Kier molecular flexibility index (Phi) is 9.13. The van der Waals surface area contributed by atoms with E-state index >= 15 is 0 Å². The number of nitrogens with zero attached hydrogens (tertiary/aromatic N) is 1. The lowest BCUT2D eigenvalue weighted by Crippen LogP contribution is -2.36. The average molecular weight is 333 g/mol. The molecule has 1 aromatic carbocycles. The maximum Gasteiger partial charge on any atom is 0.307 e. The van der Waals surface area contributed by atoms with Crippen molar-refractivity contribution in [1.29, 1.82) is 0 Å². The molecule has 4 heteroatoms. The van der Waals surface area contributed by atoms with Crippen molar-refractivity contribution >= 4 is 11.9 Å². The fourth-order valence-electron chi connectivity index (χ4n) is 2.57. The molecule has 1 aromatic rings. The van der Waals surface area contributed by atoms with E-state index in [2.05, 4.69) is 45.0 Å². The van der Waals surface area contributed by atoms with E-state index in [4.69, 9.17) is 4.74 Å². The van der Waals surface area contributed by atoms with Gasteiger partial charge in [0.15, 0.2) is 0 Å². The van der Waals surface area contributed by atoms with Crippen LogP contribution in [0, 0.1) is 12.8 Å². The molecule has 0 atom stereocenters. The van der Waals surface area contributed by atoms with Crippen LogP contribution in [0.1, 0.15) is 51.2 Å². The highest BCUT2D eigenvalue weighted by Crippen LogP contribution is 2.10. The van der Waals surface area contributed by atoms with Crippen molar-refractivity contribution < 1.29 is 14.3 Å². The molecule has 0 aliphatic carbocycles. The molecular formula is C20H31NO3. The SMILES string of the molecule is CCOC(=O)CCN(CC(C)C)C(=O)CCCc1ccc(C)cc1. The average Bonchev–Trinajstić information content (AvgIpc) is 2.53. The molecule has 0 spiro atoms. The number of amides is 1. The molecule has 0 aliphatic rings. The van der Waals surface area contributed by atoms with Gasteiger partial charge in [-0.05, 0) is 38.2 Å². The minimum atomic E-state index is -0.237. The van der Waals surface area contributed by atoms with Gasteiger partial charge in [-0.25, -0.2) is 0 Å². The van der Waals surface area contributed by atoms with Crippen molar-refractivity contribution in [2.24, 2.45) is 5.92 Å². The van der Waals surface area contributed by atoms with Crippen LogP contribution in [0.15, 0.2) is 24.3 Å². The molecule has 0 radical (unpaired) electrons. The topological polar surface area (TPSA) is 46.6 Å². The third-order valence-corrected chi connectivity index (χ3v) is 3.81. The van der Waals surface area contributed by atoms with Gasteiger partial charge >= 0.3 is 5.97 Å². The first-order valence-corrected chi connectivity index (χ1v) is 8.91. The van der Waals surface area contributed by atoms with E-state index < -0.39 is 0 Å². The summed E-state index contributed by atoms with van der Waals surface area (Å²) < 4.78 is 4.95. The molecule has 0 bridgehead atoms. The van der Waals surface area contributed by atoms with Gasteiger partial charge in [0, 0.05) is 19.5 Å². The first-order valence-electron chi connectivity index (χ1n) is 8.91. The van der Waals surface area contributed by atoms with E-state index in [-0.39, 0.29) is 18.3 Å². The number of rotatable bonds is 10. The molecule has 0 N–H and O–H groups in total. The van der Waals surface area contributed by atoms with Crippen LogP contribution in [0.25, 0.3) is 0 Å². The van der Waals surface area contributed by atoms with Crippen LogP contribution in [0.2, 0.25) is 0 Å². The molecule has 0 heterocycles. The van der Waals surface area contributed by atoms with Crippen LogP contribution in [-0.4, -0.2) is 36.5 Å². The van der Waals surface area contributed by atoms with Crippen molar-refractivity contribution in [1.82, 2.24) is 4.90 Å². The summed E-state index contributed by atoms with van der Waals surface area (Å²) in [5.41, 5.74) is 2.51. The summed E-state index contributed by atoms with van der Waals surface area (Å²) in [4.78, 5) is 25.8. The molecule has 0 aromatic heterocycles. The maximum atomic E-state index is 12.5. The Morgan fingerprint density at radius 1 is 1.12 bits per heavy atom. The Balaban J connectivity index is 2.45. The third-order valence-electron chi connectivity index (χ3n) is 3.81. The summed E-state index contributed by atoms with van der Waals surface area (Å²) in [6, 6.07) is 8.43. The van der Waals surface area contributed by atoms with Crippen molar-refractivity contribution in [2.45, 2.75) is 53.4 Å². The van der Waals surface area contributed by atoms with E-state index in [1.165, 1.54) is 11.1 Å². The molecule has 0 saturated carbocycles. The molecule has 134 valence electrons. The van der Waals surface area contributed by atoms with Crippen molar-refractivity contribution in [2.75, 3.05) is 19.7 Å². The van der Waals surface area contributed by atoms with Gasteiger partial charge in [-0.2, -0.15) is 0 Å². The normalized spacial score (nSPS) is 10.7. The van der Waals surface area contributed by atoms with E-state index in [9.17, 15) is 9.59 Å². The lowest BCUT2D eigenvalue weighted by Gasteiger charge is -2.24. The number of benzene rings is 1. The van der Waals surface area contributed by atoms with Crippen molar-refractivity contribution in [3.63, 3.8) is 0 Å². The first kappa shape index (κ1) is 20.2. The quantitative estimate of drug-likeness (QED) is 0.613. The zero-order valence-electron chi connectivity index (χ0n) is 15.5. The second kappa shape index (κ2) is 10.8. The van der Waals surface area contributed by atoms with Crippen molar-refractivity contribution in [3.05, 3.63) is 35.4 Å². The largest absolute Gasteiger partial charge is 0.466 e. The number of carbonyl (C=O) groups is 2. The van der Waals surface area contributed by atoms with Gasteiger partial charge in [0.25, 0.3) is 0 Å². The number of aryl methyl sites for hydroxylation is 2. The lowest BCUT2D eigenvalue weighted by molar-refractivity contribution is -0.144. The summed E-state index contributed by atoms with van der Waals surface area (Å²) in [6.07, 6.45) is 2.52. The van der Waals surface area contributed by atoms with Gasteiger partial charge in [0.05, 0.1) is 13.0 Å². The molecule has 0 unspecified atom stereocenters. The van der Waals surface area contributed by atoms with Crippen LogP contribution >= 0.6 is 0 Å². The molecule has 1 rings (SSSR count). The van der Waals surface area contributed by atoms with Crippen LogP contribution in [0.5, 0.6) is 0 Å². The van der Waals surface area contributed by atoms with Crippen LogP contribution in [0.4, 0.5) is 0 Å². The number of hydrogen-bond donors (Lipinski definition) is 0. The predicted octanol–water partition coefficient (Wildman–Crippen LogP) is 3.76. The van der Waals surface area contributed by atoms with Gasteiger partial charge in [0.2, 0.25) is 5.91 Å². The zero-order chi connectivity index (χ0) is 17.9. The molecular weight excluding hydrogens is 302 g/mol. The fourth-order valence-corrected chi connectivity index (χ4v) is 2.57. The second-order valence-corrected chi connectivity index (χ2v) is 6.63. The second-order valence-electron chi connectivity index (χ2n) is 6.63. The van der Waals surface area contributed by atoms with Gasteiger partial charge in [-0.1, -0.05) is 43.7 Å². The molecule has 4 nitrogen and oxygen atoms in total. The Morgan fingerprint density at radius 3 is 2.38 bits per heavy atom. The van der Waals surface area contributed by atoms with E-state index in [0.717, 1.165) is 12.8 Å². The third kappa shape index (κ3) is 8.14. The summed E-state index contributed by atoms with van der Waals surface area (Å²) in [5.74, 6) is 0.270. The fraction of sp³-hybridized carbons (Fsp3) is 0.600. The van der Waals surface area contributed by atoms with Crippen LogP contribution < -0.4 is 0 Å². The first-order chi connectivity index (χ1) is 11.4. The molecule has 1 amide bonds. The smallest absolute Gasteiger partial charge is 0.307 e. The number of hydrogen-bond acceptors (Lipinski definition) is 3. The highest BCUT2D eigenvalue weighted by molar-refractivity contribution is 5.77. The highest BCUT2D eigenvalue weighted by atomic mass is 16.5. The molecule has 0 fully saturated rings. The predicted molar refractivity (Wildman–Crippen MR) is 96.8 cm³/mol. The summed E-state index contributed by atoms with van der Waals surface area (Å²) in [6.45, 7) is 9.53. The summed E-state index contributed by atoms with van der Waals surface area (Å²) >= 11 is 0. The Hall–Kier alpha value is -1.84. The maximum absolute atomic E-state index is 12.5. The van der Waals surface area contributed by atoms with Gasteiger partial charge < -0.3 is 9.64 Å². The van der Waals surface area contributed by atoms with E-state index in [1.807, 2.05) is 0 Å². The Bertz CT molecular complexity index is 508.